The number of hydrogen-bond acceptors (Lipinski definition) is 33. The van der Waals surface area contributed by atoms with Crippen LogP contribution in [0, 0.1) is 41.4 Å². The van der Waals surface area contributed by atoms with E-state index >= 15 is 0 Å². The zero-order valence-electron chi connectivity index (χ0n) is 75.9. The molecular formula is C89H115IN10O33. The molecule has 7 unspecified atom stereocenters. The highest BCUT2D eigenvalue weighted by Gasteiger charge is 2.49. The van der Waals surface area contributed by atoms with Crippen molar-refractivity contribution in [3.63, 3.8) is 0 Å². The topological polar surface area (TPSA) is 523 Å². The third-order valence-corrected chi connectivity index (χ3v) is 24.0. The molecule has 43 nitrogen and oxygen atoms in total. The third-order valence-electron chi connectivity index (χ3n) is 23.1. The highest BCUT2D eigenvalue weighted by atomic mass is 127. The van der Waals surface area contributed by atoms with Crippen LogP contribution in [-0.2, 0) is 140 Å². The normalized spacial score (nSPS) is 25.2. The first-order chi connectivity index (χ1) is 63.8. The number of methoxy groups -OCH3 is 7. The Labute approximate surface area is 774 Å². The van der Waals surface area contributed by atoms with Crippen LogP contribution in [0.1, 0.15) is 109 Å². The second kappa shape index (κ2) is 54.3. The van der Waals surface area contributed by atoms with Gasteiger partial charge < -0.3 is 81.3 Å². The van der Waals surface area contributed by atoms with Crippen molar-refractivity contribution in [2.45, 2.75) is 194 Å². The van der Waals surface area contributed by atoms with Gasteiger partial charge in [0.15, 0.2) is 31.1 Å². The summed E-state index contributed by atoms with van der Waals surface area (Å²) < 4.78 is 93.8. The van der Waals surface area contributed by atoms with Crippen LogP contribution in [0.2, 0.25) is 0 Å². The van der Waals surface area contributed by atoms with Gasteiger partial charge in [-0.2, -0.15) is 19.2 Å². The number of aromatic amines is 2. The van der Waals surface area contributed by atoms with E-state index < -0.39 is 112 Å². The van der Waals surface area contributed by atoms with Gasteiger partial charge in [-0.3, -0.25) is 66.4 Å². The Kier molecular flexibility index (Phi) is 44.5. The van der Waals surface area contributed by atoms with E-state index in [4.69, 9.17) is 90.2 Å². The van der Waals surface area contributed by atoms with Gasteiger partial charge in [-0.15, -0.1) is 0 Å². The van der Waals surface area contributed by atoms with Crippen molar-refractivity contribution in [3.05, 3.63) is 273 Å². The van der Waals surface area contributed by atoms with Crippen LogP contribution < -0.4 is 56.2 Å². The first kappa shape index (κ1) is 109. The molecule has 0 aliphatic carbocycles. The zero-order valence-corrected chi connectivity index (χ0v) is 78.1. The molecule has 8 aromatic rings. The number of aliphatic hydroxyl groups excluding tert-OH is 2. The van der Waals surface area contributed by atoms with E-state index in [0.29, 0.717) is 19.4 Å². The molecule has 4 N–H and O–H groups in total. The van der Waals surface area contributed by atoms with Gasteiger partial charge in [-0.25, -0.2) is 37.7 Å². The van der Waals surface area contributed by atoms with E-state index in [2.05, 4.69) is 32.6 Å². The molecule has 5 fully saturated rings. The maximum Gasteiger partial charge on any atom is 0.373 e. The van der Waals surface area contributed by atoms with E-state index in [1.54, 1.807) is 35.2 Å². The van der Waals surface area contributed by atoms with Gasteiger partial charge in [0.2, 0.25) is 0 Å². The van der Waals surface area contributed by atoms with E-state index in [1.807, 2.05) is 126 Å². The quantitative estimate of drug-likeness (QED) is 0.0275. The lowest BCUT2D eigenvalue weighted by atomic mass is 9.93. The molecule has 0 saturated carbocycles. The molecule has 22 atom stereocenters. The number of carbonyl (C=O) groups is 2. The number of aromatic nitrogens is 10. The number of halogens is 1. The van der Waals surface area contributed by atoms with Crippen LogP contribution in [0.25, 0.3) is 0 Å². The number of carbonyl (C=O) groups excluding carboxylic acids is 6. The van der Waals surface area contributed by atoms with Crippen molar-refractivity contribution in [2.24, 2.45) is 41.4 Å². The number of ether oxygens (including phenoxy) is 15. The second-order valence-corrected chi connectivity index (χ2v) is 32.2. The Morgan fingerprint density at radius 3 is 0.865 bits per heavy atom. The van der Waals surface area contributed by atoms with Crippen molar-refractivity contribution in [2.75, 3.05) is 67.4 Å². The summed E-state index contributed by atoms with van der Waals surface area (Å²) in [5.74, 6) is -1.45. The van der Waals surface area contributed by atoms with Crippen molar-refractivity contribution < 1.29 is 110 Å². The van der Waals surface area contributed by atoms with Crippen molar-refractivity contribution in [1.29, 1.82) is 0 Å². The third kappa shape index (κ3) is 28.7. The Balaban J connectivity index is 0.000000226. The lowest BCUT2D eigenvalue weighted by molar-refractivity contribution is -0.193. The minimum atomic E-state index is -0.738. The van der Waals surface area contributed by atoms with Crippen molar-refractivity contribution in [3.8, 4) is 0 Å². The standard InChI is InChI=1S/C23H30N2O7.C19H23IN2O5.C19H24N2O6.C15H22N2O6.C11H16N2O5.2CO2/c1-15(22(27)30-4)12-18-16(2)20(29-3)21(32-18)24-11-10-19(26)25(23(24)28)14-31-13-17-8-6-5-7-9-17;1-13-15(10-20)27-18(17(13)25-2)21-9-8-16(23)22(19(21)24)12-26-11-14-6-4-3-5-7-14;1-13-15(10-22)27-18(17(13)25-2)20-9-8-16(23)21(19(20)24)12-26-11-14-6-4-3-5-7-14;1-8(14(19)22-4)7-10-9(2)12(21-3)13(23-10)17-6-5-11(18)16-15(17)20;1-6-7(5-14)18-10(9(6)17-2)13-4-3-8(15)12-11(13)16;2*2-1-3/h5-11,15-16,18,20-21H,12-14H2,1-4H3;3-9,13,15,17-18H,10-12H2,1-2H3;3-9,13,15,17-18,22H,10-12H2,1-2H3;5-6,8-10,12-13H,7H2,1-4H3,(H,16,18,20);3-4,6-7,9-10,14H,5H2,1-2H3,(H,12,15,16);;/t15?,16?,18-,20+,21-;2*13?,15-,17+,18-;8?,9?,10-,12+,13-;6?,7-,9+,10-;;/m11111../s1. The predicted octanol–water partition coefficient (Wildman–Crippen LogP) is 3.02. The number of nitrogens with zero attached hydrogens (tertiary/aromatic N) is 8. The Morgan fingerprint density at radius 1 is 0.376 bits per heavy atom. The number of hydrogen-bond donors (Lipinski definition) is 4. The lowest BCUT2D eigenvalue weighted by Crippen LogP contribution is -2.43. The minimum absolute atomic E-state index is 0.0119. The molecule has 5 aliphatic rings. The molecule has 44 heteroatoms. The molecule has 3 aromatic carbocycles. The molecule has 726 valence electrons. The second-order valence-electron chi connectivity index (χ2n) is 31.4. The maximum atomic E-state index is 13.1. The van der Waals surface area contributed by atoms with E-state index in [-0.39, 0.29) is 149 Å². The first-order valence-corrected chi connectivity index (χ1v) is 43.6. The van der Waals surface area contributed by atoms with Crippen LogP contribution in [0.5, 0.6) is 0 Å². The van der Waals surface area contributed by atoms with Crippen LogP contribution in [0.4, 0.5) is 0 Å². The molecule has 5 aliphatic heterocycles. The van der Waals surface area contributed by atoms with Crippen LogP contribution >= 0.6 is 22.6 Å². The monoisotopic (exact) mass is 1980 g/mol. The smallest absolute Gasteiger partial charge is 0.373 e. The highest BCUT2D eigenvalue weighted by Crippen LogP contribution is 2.41. The summed E-state index contributed by atoms with van der Waals surface area (Å²) in [5.41, 5.74) is -2.08. The van der Waals surface area contributed by atoms with Crippen LogP contribution in [0.3, 0.4) is 0 Å². The summed E-state index contributed by atoms with van der Waals surface area (Å²) in [4.78, 5) is 182. The van der Waals surface area contributed by atoms with E-state index in [1.165, 1.54) is 113 Å². The Morgan fingerprint density at radius 2 is 0.617 bits per heavy atom. The van der Waals surface area contributed by atoms with E-state index in [9.17, 15) is 67.7 Å². The maximum absolute atomic E-state index is 13.1. The SMILES string of the molecule is COC(=O)C(C)C[C@H]1O[C@@H](n2ccc(=O)[nH]c2=O)[C@@H](OC)C1C.COC(=O)C(C)C[C@H]1O[C@@H](n2ccc(=O)n(COCc3ccccc3)c2=O)[C@@H](OC)C1C.CO[C@H]1C(C)[C@@H](CI)O[C@H]1n1ccc(=O)n(COCc2ccccc2)c1=O.CO[C@H]1C(C)[C@@H](CO)O[C@H]1n1ccc(=O)[nH]c1=O.CO[C@H]1C(C)[C@@H](CO)O[C@H]1n1ccc(=O)n(COCc2ccccc2)c1=O.O=C=O.O=C=O. The number of alkyl halides is 1. The fraction of sp³-hybridized carbons (Fsp3) is 0.528. The first-order valence-electron chi connectivity index (χ1n) is 42.1. The lowest BCUT2D eigenvalue weighted by Gasteiger charge is -2.22. The molecule has 133 heavy (non-hydrogen) atoms. The average Bonchev–Trinajstić information content (AvgIpc) is 1.69. The van der Waals surface area contributed by atoms with Gasteiger partial charge in [0.05, 0.1) is 89.6 Å². The van der Waals surface area contributed by atoms with Gasteiger partial charge in [0.1, 0.15) is 50.7 Å². The summed E-state index contributed by atoms with van der Waals surface area (Å²) in [6.07, 6.45) is 1.80. The number of rotatable bonds is 31. The van der Waals surface area contributed by atoms with Crippen molar-refractivity contribution >= 4 is 46.8 Å². The van der Waals surface area contributed by atoms with Crippen LogP contribution in [-0.4, -0.2) is 209 Å². The zero-order chi connectivity index (χ0) is 97.9. The summed E-state index contributed by atoms with van der Waals surface area (Å²) in [5, 5.41) is 18.7. The fourth-order valence-electron chi connectivity index (χ4n) is 15.7. The van der Waals surface area contributed by atoms with Gasteiger partial charge in [0, 0.05) is 131 Å². The predicted molar refractivity (Wildman–Crippen MR) is 475 cm³/mol. The van der Waals surface area contributed by atoms with Crippen LogP contribution in [0.15, 0.2) is 200 Å². The molecule has 13 rings (SSSR count). The Bertz CT molecular complexity index is 5540. The van der Waals surface area contributed by atoms with E-state index in [0.717, 1.165) is 34.8 Å². The van der Waals surface area contributed by atoms with Crippen molar-refractivity contribution in [1.82, 2.24) is 46.5 Å². The number of esters is 2. The molecule has 5 saturated heterocycles. The number of benzene rings is 3. The molecule has 5 aromatic heterocycles. The summed E-state index contributed by atoms with van der Waals surface area (Å²) in [6.45, 7) is 13.3. The van der Waals surface area contributed by atoms with Gasteiger partial charge in [0.25, 0.3) is 27.8 Å². The summed E-state index contributed by atoms with van der Waals surface area (Å²) in [7, 11) is 10.4. The summed E-state index contributed by atoms with van der Waals surface area (Å²) >= 11 is 2.26. The average molecular weight is 1980 g/mol. The fourth-order valence-corrected chi connectivity index (χ4v) is 16.7. The number of H-pyrrole nitrogens is 2. The number of nitrogens with one attached hydrogen (secondary N) is 2. The van der Waals surface area contributed by atoms with Gasteiger partial charge in [-0.05, 0) is 29.5 Å². The molecule has 0 radical (unpaired) electrons. The van der Waals surface area contributed by atoms with Gasteiger partial charge in [-0.1, -0.05) is 162 Å². The molecule has 0 spiro atoms. The molecule has 10 heterocycles. The molecular weight excluding hydrogens is 1860 g/mol. The van der Waals surface area contributed by atoms with Gasteiger partial charge >= 0.3 is 52.7 Å². The minimum Gasteiger partial charge on any atom is -0.469 e. The molecule has 0 bridgehead atoms. The number of aliphatic hydroxyl groups is 2. The molecule has 0 amide bonds. The highest BCUT2D eigenvalue weighted by molar-refractivity contribution is 14.1. The largest absolute Gasteiger partial charge is 0.469 e. The summed E-state index contributed by atoms with van der Waals surface area (Å²) in [6, 6.07) is 35.0. The Hall–Kier alpha value is -11.1.